The summed E-state index contributed by atoms with van der Waals surface area (Å²) in [6, 6.07) is 0. The zero-order valence-corrected chi connectivity index (χ0v) is 11.3. The van der Waals surface area contributed by atoms with E-state index in [9.17, 15) is 4.79 Å². The highest BCUT2D eigenvalue weighted by molar-refractivity contribution is 7.09. The molecule has 3 N–H and O–H groups in total. The molecule has 1 aromatic heterocycles. The van der Waals surface area contributed by atoms with Crippen LogP contribution in [0.15, 0.2) is 11.6 Å². The fourth-order valence-electron chi connectivity index (χ4n) is 1.57. The lowest BCUT2D eigenvalue weighted by atomic mass is 9.84. The minimum absolute atomic E-state index is 0.0882. The molecule has 17 heavy (non-hydrogen) atoms. The smallest absolute Gasteiger partial charge is 0.220 e. The minimum atomic E-state index is 0.0882. The first-order valence-corrected chi connectivity index (χ1v) is 6.76. The van der Waals surface area contributed by atoms with Gasteiger partial charge in [0.25, 0.3) is 0 Å². The van der Waals surface area contributed by atoms with Crippen molar-refractivity contribution >= 4 is 17.2 Å². The van der Waals surface area contributed by atoms with Crippen LogP contribution in [0.4, 0.5) is 0 Å². The number of amides is 1. The van der Waals surface area contributed by atoms with E-state index < -0.39 is 0 Å². The molecule has 0 aliphatic heterocycles. The van der Waals surface area contributed by atoms with Crippen LogP contribution in [-0.2, 0) is 11.3 Å². The van der Waals surface area contributed by atoms with E-state index in [1.54, 1.807) is 17.5 Å². The molecule has 0 aromatic carbocycles. The number of nitrogens with two attached hydrogens (primary N) is 1. The monoisotopic (exact) mass is 255 g/mol. The summed E-state index contributed by atoms with van der Waals surface area (Å²) in [5.74, 6) is 0.0882. The molecule has 1 amide bonds. The molecule has 96 valence electrons. The standard InChI is InChI=1S/C12H21N3OS/c1-12(2,5-6-13)4-3-10(16)15-9-11-14-7-8-17-11/h7-8H,3-6,9,13H2,1-2H3,(H,15,16). The highest BCUT2D eigenvalue weighted by Gasteiger charge is 2.18. The molecule has 0 bridgehead atoms. The molecule has 1 aromatic rings. The Morgan fingerprint density at radius 1 is 1.53 bits per heavy atom. The number of nitrogens with zero attached hydrogens (tertiary/aromatic N) is 1. The highest BCUT2D eigenvalue weighted by atomic mass is 32.1. The zero-order chi connectivity index (χ0) is 12.7. The fraction of sp³-hybridized carbons (Fsp3) is 0.667. The number of carbonyl (C=O) groups excluding carboxylic acids is 1. The average molecular weight is 255 g/mol. The van der Waals surface area contributed by atoms with Crippen LogP contribution in [0.25, 0.3) is 0 Å². The van der Waals surface area contributed by atoms with E-state index >= 15 is 0 Å². The van der Waals surface area contributed by atoms with Gasteiger partial charge in [-0.2, -0.15) is 0 Å². The molecule has 0 aliphatic carbocycles. The predicted molar refractivity (Wildman–Crippen MR) is 70.6 cm³/mol. The van der Waals surface area contributed by atoms with Gasteiger partial charge in [0, 0.05) is 18.0 Å². The maximum Gasteiger partial charge on any atom is 0.220 e. The van der Waals surface area contributed by atoms with E-state index in [4.69, 9.17) is 5.73 Å². The third-order valence-corrected chi connectivity index (χ3v) is 3.55. The van der Waals surface area contributed by atoms with Gasteiger partial charge in [-0.3, -0.25) is 4.79 Å². The summed E-state index contributed by atoms with van der Waals surface area (Å²) in [4.78, 5) is 15.7. The summed E-state index contributed by atoms with van der Waals surface area (Å²) in [5.41, 5.74) is 5.68. The molecular weight excluding hydrogens is 234 g/mol. The third-order valence-electron chi connectivity index (χ3n) is 2.77. The third kappa shape index (κ3) is 5.79. The van der Waals surface area contributed by atoms with Crippen molar-refractivity contribution in [3.05, 3.63) is 16.6 Å². The molecule has 4 nitrogen and oxygen atoms in total. The van der Waals surface area contributed by atoms with Gasteiger partial charge >= 0.3 is 0 Å². The average Bonchev–Trinajstić information content (AvgIpc) is 2.76. The van der Waals surface area contributed by atoms with Crippen molar-refractivity contribution in [1.29, 1.82) is 0 Å². The van der Waals surface area contributed by atoms with E-state index in [2.05, 4.69) is 24.1 Å². The number of thiazole rings is 1. The van der Waals surface area contributed by atoms with Crippen molar-refractivity contribution in [2.24, 2.45) is 11.1 Å². The molecule has 0 aliphatic rings. The Morgan fingerprint density at radius 3 is 2.88 bits per heavy atom. The fourth-order valence-corrected chi connectivity index (χ4v) is 2.13. The molecule has 0 saturated carbocycles. The molecule has 0 fully saturated rings. The SMILES string of the molecule is CC(C)(CCN)CCC(=O)NCc1nccs1. The second-order valence-corrected chi connectivity index (χ2v) is 5.88. The van der Waals surface area contributed by atoms with E-state index in [1.165, 1.54) is 0 Å². The Kier molecular flexibility index (Phi) is 5.58. The second kappa shape index (κ2) is 6.71. The Labute approximate surface area is 107 Å². The summed E-state index contributed by atoms with van der Waals surface area (Å²) in [5, 5.41) is 5.73. The molecule has 1 rings (SSSR count). The van der Waals surface area contributed by atoms with Crippen molar-refractivity contribution in [3.63, 3.8) is 0 Å². The van der Waals surface area contributed by atoms with Crippen molar-refractivity contribution < 1.29 is 4.79 Å². The highest BCUT2D eigenvalue weighted by Crippen LogP contribution is 2.25. The van der Waals surface area contributed by atoms with Crippen molar-refractivity contribution in [3.8, 4) is 0 Å². The van der Waals surface area contributed by atoms with Crippen LogP contribution in [0.2, 0.25) is 0 Å². The Bertz CT molecular complexity index is 336. The molecular formula is C12H21N3OS. The number of carbonyl (C=O) groups is 1. The summed E-state index contributed by atoms with van der Waals surface area (Å²) >= 11 is 1.55. The molecule has 0 spiro atoms. The van der Waals surface area contributed by atoms with E-state index in [0.29, 0.717) is 19.5 Å². The first-order chi connectivity index (χ1) is 8.03. The normalized spacial score (nSPS) is 11.5. The quantitative estimate of drug-likeness (QED) is 0.782. The predicted octanol–water partition coefficient (Wildman–Crippen LogP) is 1.91. The van der Waals surface area contributed by atoms with Crippen LogP contribution in [0.5, 0.6) is 0 Å². The summed E-state index contributed by atoms with van der Waals surface area (Å²) in [6.07, 6.45) is 4.12. The van der Waals surface area contributed by atoms with Gasteiger partial charge in [-0.1, -0.05) is 13.8 Å². The maximum absolute atomic E-state index is 11.6. The minimum Gasteiger partial charge on any atom is -0.350 e. The van der Waals surface area contributed by atoms with Crippen LogP contribution >= 0.6 is 11.3 Å². The second-order valence-electron chi connectivity index (χ2n) is 4.91. The lowest BCUT2D eigenvalue weighted by molar-refractivity contribution is -0.121. The van der Waals surface area contributed by atoms with Crippen molar-refractivity contribution in [2.75, 3.05) is 6.54 Å². The first-order valence-electron chi connectivity index (χ1n) is 5.89. The van der Waals surface area contributed by atoms with E-state index in [-0.39, 0.29) is 11.3 Å². The lowest BCUT2D eigenvalue weighted by Crippen LogP contribution is -2.25. The summed E-state index contributed by atoms with van der Waals surface area (Å²) < 4.78 is 0. The summed E-state index contributed by atoms with van der Waals surface area (Å²) in [7, 11) is 0. The maximum atomic E-state index is 11.6. The molecule has 0 saturated heterocycles. The topological polar surface area (TPSA) is 68.0 Å². The number of hydrogen-bond acceptors (Lipinski definition) is 4. The van der Waals surface area contributed by atoms with Gasteiger partial charge < -0.3 is 11.1 Å². The largest absolute Gasteiger partial charge is 0.350 e. The molecule has 0 unspecified atom stereocenters. The lowest BCUT2D eigenvalue weighted by Gasteiger charge is -2.23. The van der Waals surface area contributed by atoms with Gasteiger partial charge in [-0.25, -0.2) is 4.98 Å². The van der Waals surface area contributed by atoms with Crippen LogP contribution in [0.1, 0.15) is 38.1 Å². The van der Waals surface area contributed by atoms with Gasteiger partial charge in [-0.15, -0.1) is 11.3 Å². The van der Waals surface area contributed by atoms with E-state index in [1.807, 2.05) is 5.38 Å². The van der Waals surface area contributed by atoms with Gasteiger partial charge in [0.05, 0.1) is 6.54 Å². The summed E-state index contributed by atoms with van der Waals surface area (Å²) in [6.45, 7) is 5.50. The zero-order valence-electron chi connectivity index (χ0n) is 10.5. The van der Waals surface area contributed by atoms with Crippen LogP contribution in [-0.4, -0.2) is 17.4 Å². The Hall–Kier alpha value is -0.940. The first kappa shape index (κ1) is 14.1. The van der Waals surface area contributed by atoms with Crippen molar-refractivity contribution in [2.45, 2.75) is 39.7 Å². The number of hydrogen-bond donors (Lipinski definition) is 2. The molecule has 1 heterocycles. The van der Waals surface area contributed by atoms with Crippen molar-refractivity contribution in [1.82, 2.24) is 10.3 Å². The van der Waals surface area contributed by atoms with Gasteiger partial charge in [0.1, 0.15) is 5.01 Å². The van der Waals surface area contributed by atoms with Gasteiger partial charge in [-0.05, 0) is 24.8 Å². The number of nitrogens with one attached hydrogen (secondary N) is 1. The number of rotatable bonds is 7. The number of aromatic nitrogens is 1. The van der Waals surface area contributed by atoms with Crippen LogP contribution in [0.3, 0.4) is 0 Å². The molecule has 5 heteroatoms. The van der Waals surface area contributed by atoms with Gasteiger partial charge in [0.15, 0.2) is 0 Å². The van der Waals surface area contributed by atoms with Crippen LogP contribution in [0, 0.1) is 5.41 Å². The van der Waals surface area contributed by atoms with Crippen LogP contribution < -0.4 is 11.1 Å². The Balaban J connectivity index is 2.21. The molecule has 0 radical (unpaired) electrons. The Morgan fingerprint density at radius 2 is 2.29 bits per heavy atom. The molecule has 0 atom stereocenters. The van der Waals surface area contributed by atoms with E-state index in [0.717, 1.165) is 17.8 Å². The van der Waals surface area contributed by atoms with Gasteiger partial charge in [0.2, 0.25) is 5.91 Å².